The van der Waals surface area contributed by atoms with E-state index in [1.54, 1.807) is 18.3 Å². The molecule has 1 fully saturated rings. The van der Waals surface area contributed by atoms with Crippen LogP contribution < -0.4 is 20.5 Å². The Hall–Kier alpha value is -3.70. The number of pyridine rings is 1. The van der Waals surface area contributed by atoms with E-state index in [-0.39, 0.29) is 21.1 Å². The van der Waals surface area contributed by atoms with Crippen LogP contribution in [-0.2, 0) is 6.54 Å². The van der Waals surface area contributed by atoms with E-state index in [2.05, 4.69) is 25.2 Å². The van der Waals surface area contributed by atoms with Crippen LogP contribution in [0, 0.1) is 0 Å². The third kappa shape index (κ3) is 6.48. The third-order valence-electron chi connectivity index (χ3n) is 6.14. The summed E-state index contributed by atoms with van der Waals surface area (Å²) in [6.07, 6.45) is 4.61. The number of nitrogens with zero attached hydrogens (tertiary/aromatic N) is 4. The molecular weight excluding hydrogens is 543 g/mol. The van der Waals surface area contributed by atoms with E-state index in [1.807, 2.05) is 12.1 Å². The molecular formula is C27H28Cl2N6O4. The molecule has 10 nitrogen and oxygen atoms in total. The van der Waals surface area contributed by atoms with Crippen molar-refractivity contribution < 1.29 is 19.4 Å². The number of carboxylic acid groups (broad SMARTS) is 1. The van der Waals surface area contributed by atoms with Gasteiger partial charge in [0.1, 0.15) is 17.0 Å². The molecule has 39 heavy (non-hydrogen) atoms. The van der Waals surface area contributed by atoms with Gasteiger partial charge in [-0.1, -0.05) is 29.3 Å². The van der Waals surface area contributed by atoms with Crippen molar-refractivity contribution in [2.24, 2.45) is 0 Å². The molecule has 0 aliphatic carbocycles. The number of nitrogen functional groups attached to an aromatic ring is 1. The predicted octanol–water partition coefficient (Wildman–Crippen LogP) is 4.39. The molecule has 5 rings (SSSR count). The fourth-order valence-corrected chi connectivity index (χ4v) is 4.89. The summed E-state index contributed by atoms with van der Waals surface area (Å²) in [4.78, 5) is 26.5. The largest absolute Gasteiger partial charge is 0.495 e. The highest BCUT2D eigenvalue weighted by atomic mass is 35.5. The summed E-state index contributed by atoms with van der Waals surface area (Å²) in [6.45, 7) is 5.30. The number of carbonyl (C=O) groups is 1. The number of piperazine rings is 1. The number of nitrogens with two attached hydrogens (primary N) is 1. The van der Waals surface area contributed by atoms with E-state index in [1.165, 1.54) is 32.7 Å². The Morgan fingerprint density at radius 3 is 2.21 bits per heavy atom. The van der Waals surface area contributed by atoms with Crippen molar-refractivity contribution in [3.05, 3.63) is 70.2 Å². The number of halogens is 2. The third-order valence-corrected chi connectivity index (χ3v) is 6.89. The molecule has 4 N–H and O–H groups in total. The van der Waals surface area contributed by atoms with E-state index in [9.17, 15) is 9.90 Å². The Balaban J connectivity index is 0.000000212. The van der Waals surface area contributed by atoms with E-state index in [0.29, 0.717) is 28.1 Å². The van der Waals surface area contributed by atoms with Gasteiger partial charge in [0.05, 0.1) is 52.9 Å². The van der Waals surface area contributed by atoms with Crippen LogP contribution in [0.5, 0.6) is 11.5 Å². The Morgan fingerprint density at radius 1 is 1.00 bits per heavy atom. The number of rotatable bonds is 6. The molecule has 2 aromatic carbocycles. The highest BCUT2D eigenvalue weighted by molar-refractivity contribution is 6.41. The minimum absolute atomic E-state index is 0.0361. The van der Waals surface area contributed by atoms with Crippen LogP contribution in [0.25, 0.3) is 22.2 Å². The van der Waals surface area contributed by atoms with Gasteiger partial charge < -0.3 is 25.6 Å². The lowest BCUT2D eigenvalue weighted by Crippen LogP contribution is -2.43. The van der Waals surface area contributed by atoms with Crippen molar-refractivity contribution in [3.8, 4) is 22.6 Å². The summed E-state index contributed by atoms with van der Waals surface area (Å²) in [6, 6.07) is 8.51. The molecule has 0 amide bonds. The van der Waals surface area contributed by atoms with Crippen molar-refractivity contribution in [3.63, 3.8) is 0 Å². The van der Waals surface area contributed by atoms with Crippen molar-refractivity contribution in [1.29, 1.82) is 0 Å². The van der Waals surface area contributed by atoms with Crippen LogP contribution >= 0.6 is 23.2 Å². The van der Waals surface area contributed by atoms with Crippen LogP contribution in [0.2, 0.25) is 10.0 Å². The summed E-state index contributed by atoms with van der Waals surface area (Å²) in [7, 11) is 2.95. The van der Waals surface area contributed by atoms with Crippen LogP contribution in [0.1, 0.15) is 16.1 Å². The molecule has 0 unspecified atom stereocenters. The smallest absolute Gasteiger partial charge is 0.337 e. The van der Waals surface area contributed by atoms with Crippen molar-refractivity contribution in [2.45, 2.75) is 6.54 Å². The molecule has 0 spiro atoms. The van der Waals surface area contributed by atoms with Gasteiger partial charge in [-0.2, -0.15) is 0 Å². The van der Waals surface area contributed by atoms with Gasteiger partial charge in [0, 0.05) is 62.3 Å². The normalized spacial score (nSPS) is 13.4. The first-order valence-electron chi connectivity index (χ1n) is 12.0. The van der Waals surface area contributed by atoms with Crippen LogP contribution in [-0.4, -0.2) is 71.3 Å². The van der Waals surface area contributed by atoms with E-state index in [4.69, 9.17) is 38.4 Å². The predicted molar refractivity (Wildman–Crippen MR) is 152 cm³/mol. The summed E-state index contributed by atoms with van der Waals surface area (Å²) >= 11 is 12.9. The zero-order chi connectivity index (χ0) is 27.9. The Bertz CT molecular complexity index is 1440. The van der Waals surface area contributed by atoms with Gasteiger partial charge in [-0.15, -0.1) is 0 Å². The number of carboxylic acids is 1. The minimum atomic E-state index is -1.10. The Kier molecular flexibility index (Phi) is 9.36. The molecule has 4 aromatic rings. The van der Waals surface area contributed by atoms with Gasteiger partial charge in [0.15, 0.2) is 0 Å². The number of aromatic nitrogens is 3. The lowest BCUT2D eigenvalue weighted by atomic mass is 10.00. The lowest BCUT2D eigenvalue weighted by Gasteiger charge is -2.26. The van der Waals surface area contributed by atoms with E-state index < -0.39 is 5.97 Å². The highest BCUT2D eigenvalue weighted by Gasteiger charge is 2.23. The summed E-state index contributed by atoms with van der Waals surface area (Å²) in [5.74, 6) is -0.355. The molecule has 1 aliphatic heterocycles. The average molecular weight is 571 g/mol. The van der Waals surface area contributed by atoms with Gasteiger partial charge in [-0.05, 0) is 18.2 Å². The SMILES string of the molecule is COc1cc(OC)c(Cl)c(-c2ccc(C(=O)O)c3nccnc23)c1Cl.Nc1ccc(CN2CCNCC2)nc1. The van der Waals surface area contributed by atoms with Gasteiger partial charge in [-0.3, -0.25) is 19.9 Å². The van der Waals surface area contributed by atoms with Crippen LogP contribution in [0.3, 0.4) is 0 Å². The van der Waals surface area contributed by atoms with Crippen LogP contribution in [0.4, 0.5) is 5.69 Å². The molecule has 0 bridgehead atoms. The maximum atomic E-state index is 11.4. The average Bonchev–Trinajstić information content (AvgIpc) is 2.95. The Morgan fingerprint density at radius 2 is 1.64 bits per heavy atom. The summed E-state index contributed by atoms with van der Waals surface area (Å²) < 4.78 is 10.6. The maximum absolute atomic E-state index is 11.4. The standard InChI is InChI=1S/C17H12Cl2N2O4.C10H16N4/c1-24-10-7-11(25-2)14(19)12(13(10)18)8-3-4-9(17(22)23)16-15(8)20-5-6-21-16;11-9-1-2-10(13-7-9)8-14-5-3-12-4-6-14/h3-7H,1-2H3,(H,22,23);1-2,7,12H,3-6,8,11H2. The second kappa shape index (κ2) is 12.9. The monoisotopic (exact) mass is 570 g/mol. The number of nitrogens with one attached hydrogen (secondary N) is 1. The summed E-state index contributed by atoms with van der Waals surface area (Å²) in [5, 5.41) is 13.2. The Labute approximate surface area is 235 Å². The molecule has 3 heterocycles. The second-order valence-corrected chi connectivity index (χ2v) is 9.37. The van der Waals surface area contributed by atoms with E-state index in [0.717, 1.165) is 44.1 Å². The maximum Gasteiger partial charge on any atom is 0.337 e. The van der Waals surface area contributed by atoms with Gasteiger partial charge in [0.2, 0.25) is 0 Å². The van der Waals surface area contributed by atoms with Crippen LogP contribution in [0.15, 0.2) is 48.9 Å². The number of hydrogen-bond acceptors (Lipinski definition) is 9. The zero-order valence-corrected chi connectivity index (χ0v) is 23.0. The van der Waals surface area contributed by atoms with Crippen molar-refractivity contribution >= 4 is 45.9 Å². The lowest BCUT2D eigenvalue weighted by molar-refractivity contribution is 0.0699. The molecule has 0 atom stereocenters. The number of aromatic carboxylic acids is 1. The second-order valence-electron chi connectivity index (χ2n) is 8.61. The topological polar surface area (TPSA) is 136 Å². The molecule has 2 aromatic heterocycles. The molecule has 1 aliphatic rings. The number of hydrogen-bond donors (Lipinski definition) is 3. The molecule has 0 saturated carbocycles. The zero-order valence-electron chi connectivity index (χ0n) is 21.4. The number of methoxy groups -OCH3 is 2. The number of anilines is 1. The highest BCUT2D eigenvalue weighted by Crippen LogP contribution is 2.47. The first kappa shape index (κ1) is 28.3. The summed E-state index contributed by atoms with van der Waals surface area (Å²) in [5.41, 5.74) is 9.00. The van der Waals surface area contributed by atoms with Crippen molar-refractivity contribution in [1.82, 2.24) is 25.2 Å². The van der Waals surface area contributed by atoms with Crippen molar-refractivity contribution in [2.75, 3.05) is 46.1 Å². The fraction of sp³-hybridized carbons (Fsp3) is 0.259. The molecule has 204 valence electrons. The fourth-order valence-electron chi connectivity index (χ4n) is 4.18. The molecule has 12 heteroatoms. The van der Waals surface area contributed by atoms with Gasteiger partial charge in [0.25, 0.3) is 0 Å². The number of fused-ring (bicyclic) bond motifs is 1. The minimum Gasteiger partial charge on any atom is -0.495 e. The first-order chi connectivity index (χ1) is 18.8. The molecule has 1 saturated heterocycles. The quantitative estimate of drug-likeness (QED) is 0.306. The van der Waals surface area contributed by atoms with Gasteiger partial charge in [-0.25, -0.2) is 4.79 Å². The molecule has 0 radical (unpaired) electrons. The van der Waals surface area contributed by atoms with Gasteiger partial charge >= 0.3 is 5.97 Å². The van der Waals surface area contributed by atoms with E-state index >= 15 is 0 Å². The number of ether oxygens (including phenoxy) is 2. The first-order valence-corrected chi connectivity index (χ1v) is 12.8. The number of benzene rings is 2.